The van der Waals surface area contributed by atoms with Crippen molar-refractivity contribution in [3.63, 3.8) is 0 Å². The fraction of sp³-hybridized carbons (Fsp3) is 0.643. The molecule has 0 bridgehead atoms. The monoisotopic (exact) mass is 235 g/mol. The van der Waals surface area contributed by atoms with E-state index in [1.807, 2.05) is 26.4 Å². The van der Waals surface area contributed by atoms with Crippen molar-refractivity contribution in [3.8, 4) is 0 Å². The maximum atomic E-state index is 4.41. The summed E-state index contributed by atoms with van der Waals surface area (Å²) in [6.45, 7) is 4.47. The van der Waals surface area contributed by atoms with Gasteiger partial charge in [-0.2, -0.15) is 0 Å². The van der Waals surface area contributed by atoms with Gasteiger partial charge in [0.25, 0.3) is 0 Å². The molecule has 0 radical (unpaired) electrons. The van der Waals surface area contributed by atoms with Gasteiger partial charge in [0.05, 0.1) is 5.69 Å². The minimum absolute atomic E-state index is 0.554. The average molecular weight is 235 g/mol. The van der Waals surface area contributed by atoms with Gasteiger partial charge in [-0.05, 0) is 25.0 Å². The highest BCUT2D eigenvalue weighted by atomic mass is 15.2. The van der Waals surface area contributed by atoms with Gasteiger partial charge < -0.3 is 10.2 Å². The van der Waals surface area contributed by atoms with E-state index in [1.54, 1.807) is 0 Å². The first-order valence-electron chi connectivity index (χ1n) is 6.57. The number of rotatable bonds is 7. The zero-order valence-electron chi connectivity index (χ0n) is 11.5. The summed E-state index contributed by atoms with van der Waals surface area (Å²) in [7, 11) is 4.06. The van der Waals surface area contributed by atoms with Crippen LogP contribution >= 0.6 is 0 Å². The third kappa shape index (κ3) is 4.25. The van der Waals surface area contributed by atoms with E-state index >= 15 is 0 Å². The third-order valence-corrected chi connectivity index (χ3v) is 2.97. The molecule has 0 aliphatic carbocycles. The average Bonchev–Trinajstić information content (AvgIpc) is 2.34. The lowest BCUT2D eigenvalue weighted by Crippen LogP contribution is -2.21. The van der Waals surface area contributed by atoms with E-state index in [-0.39, 0.29) is 0 Å². The Morgan fingerprint density at radius 3 is 2.71 bits per heavy atom. The van der Waals surface area contributed by atoms with Gasteiger partial charge in [0.1, 0.15) is 0 Å². The Labute approximate surface area is 105 Å². The summed E-state index contributed by atoms with van der Waals surface area (Å²) in [5.74, 6) is 1.02. The molecular weight excluding hydrogens is 210 g/mol. The Hall–Kier alpha value is -1.25. The van der Waals surface area contributed by atoms with Gasteiger partial charge in [-0.15, -0.1) is 0 Å². The van der Waals surface area contributed by atoms with Crippen LogP contribution in [0.3, 0.4) is 0 Å². The van der Waals surface area contributed by atoms with Crippen molar-refractivity contribution < 1.29 is 0 Å². The highest BCUT2D eigenvalue weighted by molar-refractivity contribution is 5.65. The first-order chi connectivity index (χ1) is 8.19. The van der Waals surface area contributed by atoms with Crippen molar-refractivity contribution in [2.75, 3.05) is 24.3 Å². The van der Waals surface area contributed by atoms with Crippen molar-refractivity contribution in [3.05, 3.63) is 18.3 Å². The summed E-state index contributed by atoms with van der Waals surface area (Å²) in [5, 5.41) is 3.61. The highest BCUT2D eigenvalue weighted by Gasteiger charge is 2.10. The van der Waals surface area contributed by atoms with E-state index in [0.29, 0.717) is 6.04 Å². The molecule has 1 aromatic heterocycles. The Kier molecular flexibility index (Phi) is 5.81. The van der Waals surface area contributed by atoms with E-state index in [2.05, 4.69) is 35.1 Å². The number of aromatic nitrogens is 1. The van der Waals surface area contributed by atoms with Gasteiger partial charge in [-0.3, -0.25) is 0 Å². The predicted molar refractivity (Wildman–Crippen MR) is 75.8 cm³/mol. The van der Waals surface area contributed by atoms with Crippen LogP contribution in [0.5, 0.6) is 0 Å². The molecule has 1 N–H and O–H groups in total. The molecule has 1 unspecified atom stereocenters. The lowest BCUT2D eigenvalue weighted by atomic mass is 10.1. The van der Waals surface area contributed by atoms with E-state index in [4.69, 9.17) is 0 Å². The summed E-state index contributed by atoms with van der Waals surface area (Å²) in [4.78, 5) is 6.46. The molecule has 0 saturated carbocycles. The predicted octanol–water partition coefficient (Wildman–Crippen LogP) is 3.53. The number of anilines is 2. The number of hydrogen-bond acceptors (Lipinski definition) is 3. The molecule has 1 atom stereocenters. The van der Waals surface area contributed by atoms with Crippen LogP contribution in [0.4, 0.5) is 11.5 Å². The van der Waals surface area contributed by atoms with Crippen molar-refractivity contribution in [1.29, 1.82) is 0 Å². The molecule has 0 saturated heterocycles. The minimum atomic E-state index is 0.554. The Morgan fingerprint density at radius 2 is 2.12 bits per heavy atom. The largest absolute Gasteiger partial charge is 0.379 e. The molecular formula is C14H25N3. The topological polar surface area (TPSA) is 28.2 Å². The highest BCUT2D eigenvalue weighted by Crippen LogP contribution is 2.22. The first kappa shape index (κ1) is 13.8. The van der Waals surface area contributed by atoms with Gasteiger partial charge in [0.15, 0.2) is 5.82 Å². The molecule has 17 heavy (non-hydrogen) atoms. The minimum Gasteiger partial charge on any atom is -0.379 e. The van der Waals surface area contributed by atoms with Crippen LogP contribution in [0.1, 0.15) is 39.5 Å². The molecule has 0 aromatic carbocycles. The van der Waals surface area contributed by atoms with Gasteiger partial charge >= 0.3 is 0 Å². The summed E-state index contributed by atoms with van der Waals surface area (Å²) in [6.07, 6.45) is 6.76. The smallest absolute Gasteiger partial charge is 0.151 e. The van der Waals surface area contributed by atoms with Crippen LogP contribution in [0.15, 0.2) is 18.3 Å². The molecule has 0 spiro atoms. The lowest BCUT2D eigenvalue weighted by Gasteiger charge is -2.22. The molecule has 3 nitrogen and oxygen atoms in total. The molecule has 3 heteroatoms. The molecule has 96 valence electrons. The van der Waals surface area contributed by atoms with E-state index in [0.717, 1.165) is 17.9 Å². The van der Waals surface area contributed by atoms with Gasteiger partial charge in [-0.1, -0.05) is 26.7 Å². The Bertz CT molecular complexity index is 323. The normalized spacial score (nSPS) is 12.2. The third-order valence-electron chi connectivity index (χ3n) is 2.97. The fourth-order valence-corrected chi connectivity index (χ4v) is 1.91. The maximum absolute atomic E-state index is 4.41. The summed E-state index contributed by atoms with van der Waals surface area (Å²) in [6, 6.07) is 4.65. The molecule has 0 fully saturated rings. The number of unbranched alkanes of at least 4 members (excludes halogenated alkanes) is 1. The number of nitrogens with one attached hydrogen (secondary N) is 1. The summed E-state index contributed by atoms with van der Waals surface area (Å²) in [5.41, 5.74) is 1.14. The number of hydrogen-bond donors (Lipinski definition) is 1. The Balaban J connectivity index is 2.71. The van der Waals surface area contributed by atoms with Gasteiger partial charge in [0.2, 0.25) is 0 Å². The number of nitrogens with zero attached hydrogens (tertiary/aromatic N) is 2. The second-order valence-electron chi connectivity index (χ2n) is 4.66. The number of pyridine rings is 1. The molecule has 1 heterocycles. The molecule has 0 amide bonds. The van der Waals surface area contributed by atoms with Crippen molar-refractivity contribution in [1.82, 2.24) is 4.98 Å². The maximum Gasteiger partial charge on any atom is 0.151 e. The molecule has 0 aliphatic heterocycles. The zero-order valence-corrected chi connectivity index (χ0v) is 11.5. The quantitative estimate of drug-likeness (QED) is 0.783. The van der Waals surface area contributed by atoms with Crippen LogP contribution < -0.4 is 10.2 Å². The zero-order chi connectivity index (χ0) is 12.7. The van der Waals surface area contributed by atoms with Crippen LogP contribution in [0, 0.1) is 0 Å². The summed E-state index contributed by atoms with van der Waals surface area (Å²) < 4.78 is 0. The Morgan fingerprint density at radius 1 is 1.35 bits per heavy atom. The van der Waals surface area contributed by atoms with Crippen LogP contribution in [-0.4, -0.2) is 25.1 Å². The summed E-state index contributed by atoms with van der Waals surface area (Å²) >= 11 is 0. The van der Waals surface area contributed by atoms with Gasteiger partial charge in [0, 0.05) is 26.3 Å². The van der Waals surface area contributed by atoms with Crippen molar-refractivity contribution >= 4 is 11.5 Å². The molecule has 0 aliphatic rings. The molecule has 1 rings (SSSR count). The first-order valence-corrected chi connectivity index (χ1v) is 6.57. The standard InChI is InChI=1S/C14H25N3/c1-5-7-9-12(6-2)16-13-10-8-11-15-14(13)17(3)4/h8,10-12,16H,5-7,9H2,1-4H3. The second kappa shape index (κ2) is 7.15. The van der Waals surface area contributed by atoms with E-state index in [9.17, 15) is 0 Å². The molecule has 1 aromatic rings. The van der Waals surface area contributed by atoms with Crippen molar-refractivity contribution in [2.45, 2.75) is 45.6 Å². The van der Waals surface area contributed by atoms with Crippen molar-refractivity contribution in [2.24, 2.45) is 0 Å². The van der Waals surface area contributed by atoms with Crippen LogP contribution in [-0.2, 0) is 0 Å². The second-order valence-corrected chi connectivity index (χ2v) is 4.66. The SMILES string of the molecule is CCCCC(CC)Nc1cccnc1N(C)C. The van der Waals surface area contributed by atoms with E-state index < -0.39 is 0 Å². The van der Waals surface area contributed by atoms with Gasteiger partial charge in [-0.25, -0.2) is 4.98 Å². The van der Waals surface area contributed by atoms with E-state index in [1.165, 1.54) is 19.3 Å². The van der Waals surface area contributed by atoms with Crippen LogP contribution in [0.2, 0.25) is 0 Å². The van der Waals surface area contributed by atoms with Crippen LogP contribution in [0.25, 0.3) is 0 Å². The fourth-order valence-electron chi connectivity index (χ4n) is 1.91. The lowest BCUT2D eigenvalue weighted by molar-refractivity contribution is 0.593.